The van der Waals surface area contributed by atoms with Gasteiger partial charge in [0.25, 0.3) is 0 Å². The maximum Gasteiger partial charge on any atom is 0.347 e. The molecule has 0 aliphatic rings. The molecule has 0 unspecified atom stereocenters. The second kappa shape index (κ2) is 3.88. The van der Waals surface area contributed by atoms with E-state index >= 15 is 0 Å². The van der Waals surface area contributed by atoms with Crippen LogP contribution in [0.1, 0.15) is 13.3 Å². The van der Waals surface area contributed by atoms with Gasteiger partial charge in [0.05, 0.1) is 0 Å². The quantitative estimate of drug-likeness (QED) is 0.446. The van der Waals surface area contributed by atoms with E-state index in [0.29, 0.717) is 6.42 Å². The first-order valence-corrected chi connectivity index (χ1v) is 2.57. The van der Waals surface area contributed by atoms with Gasteiger partial charge in [0.2, 0.25) is 6.10 Å². The molecule has 0 amide bonds. The molecular formula is C5H9NO3. The molecule has 0 radical (unpaired) electrons. The number of carbonyl (C=O) groups is 1. The molecule has 0 heterocycles. The molecule has 1 atom stereocenters. The maximum atomic E-state index is 10.1. The Balaban J connectivity index is 3.67. The van der Waals surface area contributed by atoms with Crippen LogP contribution in [-0.2, 0) is 9.63 Å². The summed E-state index contributed by atoms with van der Waals surface area (Å²) in [7, 11) is 0. The maximum absolute atomic E-state index is 10.1. The highest BCUT2D eigenvalue weighted by Crippen LogP contribution is 1.96. The third kappa shape index (κ3) is 2.69. The van der Waals surface area contributed by atoms with Crippen LogP contribution in [-0.4, -0.2) is 23.9 Å². The summed E-state index contributed by atoms with van der Waals surface area (Å²) in [4.78, 5) is 14.5. The lowest BCUT2D eigenvalue weighted by Gasteiger charge is -2.04. The van der Waals surface area contributed by atoms with Crippen molar-refractivity contribution in [2.24, 2.45) is 5.16 Å². The molecule has 9 heavy (non-hydrogen) atoms. The van der Waals surface area contributed by atoms with Crippen LogP contribution in [0.3, 0.4) is 0 Å². The lowest BCUT2D eigenvalue weighted by atomic mass is 10.3. The van der Waals surface area contributed by atoms with Crippen molar-refractivity contribution in [2.75, 3.05) is 0 Å². The highest BCUT2D eigenvalue weighted by Gasteiger charge is 2.14. The fourth-order valence-electron chi connectivity index (χ4n) is 0.384. The van der Waals surface area contributed by atoms with E-state index in [0.717, 1.165) is 0 Å². The minimum absolute atomic E-state index is 0.397. The van der Waals surface area contributed by atoms with Gasteiger partial charge in [-0.1, -0.05) is 6.92 Å². The smallest absolute Gasteiger partial charge is 0.347 e. The lowest BCUT2D eigenvalue weighted by molar-refractivity contribution is -0.150. The van der Waals surface area contributed by atoms with Crippen molar-refractivity contribution in [1.82, 2.24) is 0 Å². The summed E-state index contributed by atoms with van der Waals surface area (Å²) < 4.78 is 0. The fraction of sp³-hybridized carbons (Fsp3) is 0.600. The van der Waals surface area contributed by atoms with Gasteiger partial charge >= 0.3 is 5.97 Å². The third-order valence-electron chi connectivity index (χ3n) is 0.848. The average Bonchev–Trinajstić information content (AvgIpc) is 1.82. The van der Waals surface area contributed by atoms with Gasteiger partial charge in [0.15, 0.2) is 0 Å². The zero-order valence-corrected chi connectivity index (χ0v) is 5.20. The molecule has 0 aromatic rings. The summed E-state index contributed by atoms with van der Waals surface area (Å²) in [6.45, 7) is 4.69. The van der Waals surface area contributed by atoms with Gasteiger partial charge in [-0.25, -0.2) is 4.79 Å². The van der Waals surface area contributed by atoms with Crippen LogP contribution in [0.4, 0.5) is 0 Å². The van der Waals surface area contributed by atoms with E-state index in [2.05, 4.69) is 16.7 Å². The van der Waals surface area contributed by atoms with Crippen LogP contribution in [0.25, 0.3) is 0 Å². The molecule has 0 fully saturated rings. The Hall–Kier alpha value is -1.06. The number of nitrogens with zero attached hydrogens (tertiary/aromatic N) is 1. The van der Waals surface area contributed by atoms with Gasteiger partial charge in [0.1, 0.15) is 0 Å². The number of oxime groups is 1. The Kier molecular flexibility index (Phi) is 3.43. The number of carboxylic acids is 1. The van der Waals surface area contributed by atoms with Gasteiger partial charge in [-0.3, -0.25) is 0 Å². The van der Waals surface area contributed by atoms with Gasteiger partial charge < -0.3 is 9.94 Å². The number of hydrogen-bond acceptors (Lipinski definition) is 3. The molecule has 0 aliphatic carbocycles. The van der Waals surface area contributed by atoms with Gasteiger partial charge in [0, 0.05) is 6.72 Å². The van der Waals surface area contributed by atoms with Gasteiger partial charge in [-0.05, 0) is 6.42 Å². The Morgan fingerprint density at radius 3 is 2.67 bits per heavy atom. The van der Waals surface area contributed by atoms with Crippen LogP contribution in [0.15, 0.2) is 5.16 Å². The van der Waals surface area contributed by atoms with Crippen LogP contribution < -0.4 is 0 Å². The molecule has 0 rings (SSSR count). The molecule has 0 aromatic carbocycles. The fourth-order valence-corrected chi connectivity index (χ4v) is 0.384. The first kappa shape index (κ1) is 7.94. The first-order valence-electron chi connectivity index (χ1n) is 2.57. The third-order valence-corrected chi connectivity index (χ3v) is 0.848. The molecule has 52 valence electrons. The van der Waals surface area contributed by atoms with Gasteiger partial charge in [-0.15, -0.1) is 5.16 Å². The predicted octanol–water partition coefficient (Wildman–Crippen LogP) is 0.482. The summed E-state index contributed by atoms with van der Waals surface area (Å²) in [5.74, 6) is -1.01. The van der Waals surface area contributed by atoms with Crippen molar-refractivity contribution < 1.29 is 14.7 Å². The molecule has 0 saturated carbocycles. The second-order valence-corrected chi connectivity index (χ2v) is 1.47. The second-order valence-electron chi connectivity index (χ2n) is 1.47. The number of hydrogen-bond donors (Lipinski definition) is 1. The van der Waals surface area contributed by atoms with Gasteiger partial charge in [-0.2, -0.15) is 0 Å². The normalized spacial score (nSPS) is 12.1. The van der Waals surface area contributed by atoms with E-state index < -0.39 is 12.1 Å². The van der Waals surface area contributed by atoms with Crippen LogP contribution in [0.5, 0.6) is 0 Å². The minimum atomic E-state index is -1.01. The van der Waals surface area contributed by atoms with E-state index in [-0.39, 0.29) is 0 Å². The molecule has 4 heteroatoms. The van der Waals surface area contributed by atoms with Crippen molar-refractivity contribution in [1.29, 1.82) is 0 Å². The SMILES string of the molecule is C=NO[C@@H](CC)C(=O)O. The Morgan fingerprint density at radius 2 is 2.56 bits per heavy atom. The molecular weight excluding hydrogens is 122 g/mol. The highest BCUT2D eigenvalue weighted by atomic mass is 16.6. The Morgan fingerprint density at radius 1 is 2.00 bits per heavy atom. The summed E-state index contributed by atoms with van der Waals surface area (Å²) in [5, 5.41) is 11.3. The van der Waals surface area contributed by atoms with E-state index in [1.807, 2.05) is 0 Å². The zero-order valence-electron chi connectivity index (χ0n) is 5.20. The molecule has 4 nitrogen and oxygen atoms in total. The van der Waals surface area contributed by atoms with Crippen molar-refractivity contribution >= 4 is 12.7 Å². The molecule has 0 aromatic heterocycles. The standard InChI is InChI=1S/C5H9NO3/c1-3-4(5(7)8)9-6-2/h4H,2-3H2,1H3,(H,7,8)/t4-/m0/s1. The molecule has 0 spiro atoms. The summed E-state index contributed by atoms with van der Waals surface area (Å²) in [5.41, 5.74) is 0. The molecule has 0 bridgehead atoms. The van der Waals surface area contributed by atoms with E-state index in [1.54, 1.807) is 6.92 Å². The molecule has 1 N–H and O–H groups in total. The number of carboxylic acid groups (broad SMARTS) is 1. The highest BCUT2D eigenvalue weighted by molar-refractivity contribution is 5.72. The summed E-state index contributed by atoms with van der Waals surface area (Å²) >= 11 is 0. The largest absolute Gasteiger partial charge is 0.478 e. The van der Waals surface area contributed by atoms with Crippen molar-refractivity contribution in [3.63, 3.8) is 0 Å². The number of rotatable bonds is 4. The zero-order chi connectivity index (χ0) is 7.28. The van der Waals surface area contributed by atoms with E-state index in [1.165, 1.54) is 0 Å². The van der Waals surface area contributed by atoms with Crippen molar-refractivity contribution in [3.05, 3.63) is 0 Å². The van der Waals surface area contributed by atoms with Crippen LogP contribution in [0, 0.1) is 0 Å². The monoisotopic (exact) mass is 131 g/mol. The minimum Gasteiger partial charge on any atom is -0.478 e. The Labute approximate surface area is 53.1 Å². The number of aliphatic carboxylic acids is 1. The van der Waals surface area contributed by atoms with Crippen molar-refractivity contribution in [2.45, 2.75) is 19.4 Å². The molecule has 0 saturated heterocycles. The average molecular weight is 131 g/mol. The predicted molar refractivity (Wildman–Crippen MR) is 32.3 cm³/mol. The lowest BCUT2D eigenvalue weighted by Crippen LogP contribution is -2.20. The first-order chi connectivity index (χ1) is 4.22. The topological polar surface area (TPSA) is 58.9 Å². The summed E-state index contributed by atoms with van der Waals surface area (Å²) in [6, 6.07) is 0. The molecule has 0 aliphatic heterocycles. The Bertz CT molecular complexity index is 113. The van der Waals surface area contributed by atoms with Crippen molar-refractivity contribution in [3.8, 4) is 0 Å². The van der Waals surface area contributed by atoms with E-state index in [9.17, 15) is 4.79 Å². The van der Waals surface area contributed by atoms with Crippen LogP contribution >= 0.6 is 0 Å². The van der Waals surface area contributed by atoms with E-state index in [4.69, 9.17) is 5.11 Å². The summed E-state index contributed by atoms with van der Waals surface area (Å²) in [6.07, 6.45) is -0.448. The van der Waals surface area contributed by atoms with Crippen LogP contribution in [0.2, 0.25) is 0 Å².